The molecule has 2 aliphatic rings. The van der Waals surface area contributed by atoms with Crippen molar-refractivity contribution in [1.82, 2.24) is 9.13 Å². The Balaban J connectivity index is 0.000000205. The number of nitrogens with zero attached hydrogens (tertiary/aromatic N) is 2. The lowest BCUT2D eigenvalue weighted by Gasteiger charge is -2.13. The first-order valence-corrected chi connectivity index (χ1v) is 14.7. The highest BCUT2D eigenvalue weighted by molar-refractivity contribution is 6.31. The van der Waals surface area contributed by atoms with E-state index in [2.05, 4.69) is 5.32 Å². The van der Waals surface area contributed by atoms with Crippen LogP contribution in [0.3, 0.4) is 0 Å². The molecule has 0 atom stereocenters. The molecule has 2 aromatic carbocycles. The first-order valence-electron chi connectivity index (χ1n) is 13.9. The van der Waals surface area contributed by atoms with Crippen LogP contribution < -0.4 is 11.1 Å². The minimum absolute atomic E-state index is 0. The smallest absolute Gasteiger partial charge is 0.352 e. The van der Waals surface area contributed by atoms with Crippen molar-refractivity contribution in [2.75, 3.05) is 11.1 Å². The van der Waals surface area contributed by atoms with Crippen LogP contribution in [0.25, 0.3) is 0 Å². The van der Waals surface area contributed by atoms with Crippen LogP contribution in [0, 0.1) is 11.6 Å². The van der Waals surface area contributed by atoms with Crippen LogP contribution in [-0.2, 0) is 26.9 Å². The van der Waals surface area contributed by atoms with Crippen molar-refractivity contribution < 1.29 is 33.1 Å². The van der Waals surface area contributed by atoms with Crippen molar-refractivity contribution in [1.29, 1.82) is 0 Å². The Kier molecular flexibility index (Phi) is 11.9. The molecule has 244 valence electrons. The Morgan fingerprint density at radius 3 is 1.76 bits per heavy atom. The SMILES string of the molecule is C.Cn1cc2c(c1C(=O)Nc1ccc(F)c(Cl)c1)CCCC2=O.Cn1cc2c(c1C(=O)O)CCCC2=O.Nc1ccc(F)c(Cl)c1. The molecule has 6 rings (SSSR count). The number of hydrogen-bond acceptors (Lipinski definition) is 5. The fourth-order valence-electron chi connectivity index (χ4n) is 5.31. The van der Waals surface area contributed by atoms with E-state index >= 15 is 0 Å². The molecule has 0 radical (unpaired) electrons. The van der Waals surface area contributed by atoms with Gasteiger partial charge in [-0.1, -0.05) is 30.6 Å². The summed E-state index contributed by atoms with van der Waals surface area (Å²) in [6.45, 7) is 0. The molecular formula is C33H34Cl2F2N4O5. The van der Waals surface area contributed by atoms with E-state index < -0.39 is 17.6 Å². The molecule has 13 heteroatoms. The number of anilines is 2. The molecule has 0 spiro atoms. The van der Waals surface area contributed by atoms with Gasteiger partial charge in [0.25, 0.3) is 5.91 Å². The maximum Gasteiger partial charge on any atom is 0.352 e. The van der Waals surface area contributed by atoms with Crippen molar-refractivity contribution in [3.05, 3.63) is 104 Å². The van der Waals surface area contributed by atoms with Gasteiger partial charge in [-0.15, -0.1) is 0 Å². The van der Waals surface area contributed by atoms with Gasteiger partial charge in [-0.2, -0.15) is 0 Å². The first kappa shape index (κ1) is 36.0. The summed E-state index contributed by atoms with van der Waals surface area (Å²) in [6.07, 6.45) is 7.29. The number of ketones is 2. The van der Waals surface area contributed by atoms with Crippen LogP contribution in [0.4, 0.5) is 20.2 Å². The standard InChI is InChI=1S/C16H14ClFN2O2.C10H11NO3.C6H5ClFN.CH4/c1-20-8-11-10(3-2-4-14(11)21)15(20)16(22)19-9-5-6-13(18)12(17)7-9;1-11-5-7-6(9(11)10(13)14)3-2-4-8(7)12;7-5-3-4(9)1-2-6(5)8;/h5-8H,2-4H2,1H3,(H,19,22);5H,2-4H2,1H3,(H,13,14);1-3H,9H2;1H4. The van der Waals surface area contributed by atoms with Gasteiger partial charge in [-0.25, -0.2) is 13.6 Å². The van der Waals surface area contributed by atoms with Crippen molar-refractivity contribution in [3.8, 4) is 0 Å². The summed E-state index contributed by atoms with van der Waals surface area (Å²) in [5.41, 5.74) is 9.58. The largest absolute Gasteiger partial charge is 0.477 e. The van der Waals surface area contributed by atoms with Crippen LogP contribution in [0.1, 0.15) is 85.9 Å². The van der Waals surface area contributed by atoms with E-state index in [-0.39, 0.29) is 40.6 Å². The summed E-state index contributed by atoms with van der Waals surface area (Å²) >= 11 is 11.1. The molecule has 9 nitrogen and oxygen atoms in total. The first-order chi connectivity index (χ1) is 21.3. The van der Waals surface area contributed by atoms with Gasteiger partial charge in [-0.05, 0) is 73.2 Å². The zero-order valence-electron chi connectivity index (χ0n) is 24.4. The molecule has 0 bridgehead atoms. The Hall–Kier alpha value is -4.48. The molecule has 0 aliphatic heterocycles. The number of aromatic carboxylic acids is 1. The quantitative estimate of drug-likeness (QED) is 0.192. The number of nitrogens with two attached hydrogens (primary N) is 1. The van der Waals surface area contributed by atoms with Gasteiger partial charge in [0, 0.05) is 61.8 Å². The lowest BCUT2D eigenvalue weighted by Crippen LogP contribution is -2.19. The van der Waals surface area contributed by atoms with E-state index in [1.54, 1.807) is 31.1 Å². The van der Waals surface area contributed by atoms with E-state index in [0.29, 0.717) is 59.4 Å². The second kappa shape index (κ2) is 15.2. The monoisotopic (exact) mass is 674 g/mol. The third kappa shape index (κ3) is 8.02. The molecule has 0 saturated carbocycles. The highest BCUT2D eigenvalue weighted by atomic mass is 35.5. The number of aryl methyl sites for hydroxylation is 2. The lowest BCUT2D eigenvalue weighted by atomic mass is 9.92. The number of carboxylic acids is 1. The summed E-state index contributed by atoms with van der Waals surface area (Å²) in [4.78, 5) is 46.8. The van der Waals surface area contributed by atoms with Gasteiger partial charge in [0.05, 0.1) is 10.0 Å². The molecule has 0 unspecified atom stereocenters. The van der Waals surface area contributed by atoms with Crippen molar-refractivity contribution >= 4 is 58.0 Å². The molecular weight excluding hydrogens is 641 g/mol. The van der Waals surface area contributed by atoms with Gasteiger partial charge in [0.2, 0.25) is 0 Å². The fraction of sp³-hybridized carbons (Fsp3) is 0.273. The normalized spacial score (nSPS) is 13.2. The molecule has 46 heavy (non-hydrogen) atoms. The Labute approximate surface area is 274 Å². The van der Waals surface area contributed by atoms with Crippen molar-refractivity contribution in [2.24, 2.45) is 14.1 Å². The lowest BCUT2D eigenvalue weighted by molar-refractivity contribution is 0.0684. The van der Waals surface area contributed by atoms with Crippen molar-refractivity contribution in [2.45, 2.75) is 46.0 Å². The predicted molar refractivity (Wildman–Crippen MR) is 174 cm³/mol. The van der Waals surface area contributed by atoms with Crippen molar-refractivity contribution in [3.63, 3.8) is 0 Å². The number of rotatable bonds is 3. The number of fused-ring (bicyclic) bond motifs is 2. The van der Waals surface area contributed by atoms with Gasteiger partial charge in [0.1, 0.15) is 23.0 Å². The zero-order valence-corrected chi connectivity index (χ0v) is 25.9. The minimum Gasteiger partial charge on any atom is -0.477 e. The number of hydrogen-bond donors (Lipinski definition) is 3. The number of carboxylic acid groups (broad SMARTS) is 1. The van der Waals surface area contributed by atoms with E-state index in [0.717, 1.165) is 18.4 Å². The highest BCUT2D eigenvalue weighted by Gasteiger charge is 2.27. The average Bonchev–Trinajstić information content (AvgIpc) is 3.51. The topological polar surface area (TPSA) is 136 Å². The number of carbonyl (C=O) groups excluding carboxylic acids is 3. The molecule has 0 fully saturated rings. The van der Waals surface area contributed by atoms with E-state index in [4.69, 9.17) is 34.0 Å². The van der Waals surface area contributed by atoms with E-state index in [1.807, 2.05) is 0 Å². The van der Waals surface area contributed by atoms with Gasteiger partial charge in [-0.3, -0.25) is 14.4 Å². The summed E-state index contributed by atoms with van der Waals surface area (Å²) < 4.78 is 28.7. The van der Waals surface area contributed by atoms with Crippen LogP contribution in [0.5, 0.6) is 0 Å². The third-order valence-electron chi connectivity index (χ3n) is 7.37. The summed E-state index contributed by atoms with van der Waals surface area (Å²) in [5, 5.41) is 11.7. The molecule has 1 amide bonds. The van der Waals surface area contributed by atoms with Gasteiger partial charge in [0.15, 0.2) is 11.6 Å². The van der Waals surface area contributed by atoms with Crippen LogP contribution in [0.2, 0.25) is 10.0 Å². The average molecular weight is 676 g/mol. The fourth-order valence-corrected chi connectivity index (χ4v) is 5.68. The summed E-state index contributed by atoms with van der Waals surface area (Å²) in [6, 6.07) is 8.06. The second-order valence-corrected chi connectivity index (χ2v) is 11.4. The molecule has 0 saturated heterocycles. The summed E-state index contributed by atoms with van der Waals surface area (Å²) in [5.74, 6) is -2.13. The Morgan fingerprint density at radius 1 is 0.804 bits per heavy atom. The number of halogens is 4. The van der Waals surface area contributed by atoms with Gasteiger partial charge < -0.3 is 25.3 Å². The maximum atomic E-state index is 13.2. The van der Waals surface area contributed by atoms with E-state index in [9.17, 15) is 28.0 Å². The predicted octanol–water partition coefficient (Wildman–Crippen LogP) is 7.53. The molecule has 2 aromatic heterocycles. The number of nitrogens with one attached hydrogen (secondary N) is 1. The number of amides is 1. The summed E-state index contributed by atoms with van der Waals surface area (Å²) in [7, 11) is 3.40. The minimum atomic E-state index is -0.955. The Morgan fingerprint density at radius 2 is 1.28 bits per heavy atom. The third-order valence-corrected chi connectivity index (χ3v) is 7.95. The van der Waals surface area contributed by atoms with Gasteiger partial charge >= 0.3 is 5.97 Å². The van der Waals surface area contributed by atoms with Crippen LogP contribution >= 0.6 is 23.2 Å². The molecule has 2 heterocycles. The van der Waals surface area contributed by atoms with E-state index in [1.165, 1.54) is 41.0 Å². The van der Waals surface area contributed by atoms with Crippen LogP contribution in [-0.4, -0.2) is 37.7 Å². The highest BCUT2D eigenvalue weighted by Crippen LogP contribution is 2.28. The molecule has 2 aliphatic carbocycles. The number of aromatic nitrogens is 2. The Bertz CT molecular complexity index is 1820. The number of benzene rings is 2. The second-order valence-electron chi connectivity index (χ2n) is 10.6. The number of carbonyl (C=O) groups is 4. The number of Topliss-reactive ketones (excluding diaryl/α,β-unsaturated/α-hetero) is 2. The van der Waals surface area contributed by atoms with Crippen LogP contribution in [0.15, 0.2) is 48.8 Å². The number of nitrogen functional groups attached to an aromatic ring is 1. The zero-order chi connectivity index (χ0) is 33.0. The maximum absolute atomic E-state index is 13.2. The molecule has 4 aromatic rings. The molecule has 4 N–H and O–H groups in total.